The van der Waals surface area contributed by atoms with Crippen molar-refractivity contribution >= 4 is 21.4 Å². The Morgan fingerprint density at radius 1 is 1.46 bits per heavy atom. The van der Waals surface area contributed by atoms with Crippen LogP contribution < -0.4 is 9.46 Å². The molecule has 0 aromatic carbocycles. The number of fused-ring (bicyclic) bond motifs is 1. The molecule has 0 spiro atoms. The van der Waals surface area contributed by atoms with E-state index >= 15 is 0 Å². The van der Waals surface area contributed by atoms with Crippen LogP contribution in [-0.2, 0) is 10.0 Å². The quantitative estimate of drug-likeness (QED) is 0.858. The highest BCUT2D eigenvalue weighted by atomic mass is 32.2. The van der Waals surface area contributed by atoms with Crippen molar-refractivity contribution < 1.29 is 18.3 Å². The summed E-state index contributed by atoms with van der Waals surface area (Å²) in [7, 11) is -3.87. The molecule has 3 heterocycles. The Morgan fingerprint density at radius 2 is 2.17 bits per heavy atom. The molecular weight excluding hydrogens is 350 g/mol. The molecule has 9 heteroatoms. The standard InChI is InChI=1S/C15H21N3O4S2/c1-9(2)18-7-11(16-8-18)24(20,21)17-12-13-10(5-6-23-13)22-15(3,4)14(12)19/h5-9,12,14,17,19H,1-4H3/t12-,14+/m0/s1. The first-order chi connectivity index (χ1) is 11.1. The van der Waals surface area contributed by atoms with E-state index < -0.39 is 27.8 Å². The van der Waals surface area contributed by atoms with Gasteiger partial charge in [0.2, 0.25) is 0 Å². The van der Waals surface area contributed by atoms with Crippen LogP contribution in [0.15, 0.2) is 29.0 Å². The van der Waals surface area contributed by atoms with Crippen molar-refractivity contribution in [3.8, 4) is 5.75 Å². The molecule has 2 aromatic heterocycles. The van der Waals surface area contributed by atoms with E-state index in [1.807, 2.05) is 19.2 Å². The molecule has 2 N–H and O–H groups in total. The van der Waals surface area contributed by atoms with E-state index in [0.29, 0.717) is 10.6 Å². The zero-order valence-electron chi connectivity index (χ0n) is 13.9. The molecule has 0 fully saturated rings. The topological polar surface area (TPSA) is 93.5 Å². The maximum Gasteiger partial charge on any atom is 0.260 e. The average Bonchev–Trinajstić information content (AvgIpc) is 3.12. The molecule has 0 bridgehead atoms. The van der Waals surface area contributed by atoms with Crippen LogP contribution in [0.2, 0.25) is 0 Å². The second-order valence-electron chi connectivity index (χ2n) is 6.65. The number of ether oxygens (including phenoxy) is 1. The van der Waals surface area contributed by atoms with Gasteiger partial charge in [0.1, 0.15) is 17.5 Å². The minimum atomic E-state index is -3.87. The van der Waals surface area contributed by atoms with Gasteiger partial charge in [-0.3, -0.25) is 0 Å². The predicted octanol–water partition coefficient (Wildman–Crippen LogP) is 2.08. The van der Waals surface area contributed by atoms with E-state index in [1.54, 1.807) is 24.5 Å². The second kappa shape index (κ2) is 5.83. The lowest BCUT2D eigenvalue weighted by Crippen LogP contribution is -2.53. The lowest BCUT2D eigenvalue weighted by Gasteiger charge is -2.40. The Bertz CT molecular complexity index is 839. The van der Waals surface area contributed by atoms with Crippen LogP contribution in [0.1, 0.15) is 44.7 Å². The summed E-state index contributed by atoms with van der Waals surface area (Å²) >= 11 is 1.35. The SMILES string of the molecule is CC(C)n1cnc(S(=O)(=O)N[C@H]2c3sccc3OC(C)(C)[C@@H]2O)c1. The van der Waals surface area contributed by atoms with Gasteiger partial charge in [-0.05, 0) is 39.1 Å². The summed E-state index contributed by atoms with van der Waals surface area (Å²) in [6.45, 7) is 7.34. The third kappa shape index (κ3) is 2.97. The smallest absolute Gasteiger partial charge is 0.260 e. The Balaban J connectivity index is 1.94. The summed E-state index contributed by atoms with van der Waals surface area (Å²) in [5.74, 6) is 0.593. The third-order valence-electron chi connectivity index (χ3n) is 4.07. The highest BCUT2D eigenvalue weighted by Crippen LogP contribution is 2.43. The zero-order chi connectivity index (χ0) is 17.7. The molecule has 7 nitrogen and oxygen atoms in total. The van der Waals surface area contributed by atoms with Crippen molar-refractivity contribution in [3.63, 3.8) is 0 Å². The Morgan fingerprint density at radius 3 is 2.79 bits per heavy atom. The van der Waals surface area contributed by atoms with E-state index in [4.69, 9.17) is 4.74 Å². The molecule has 1 aliphatic rings. The van der Waals surface area contributed by atoms with Gasteiger partial charge < -0.3 is 14.4 Å². The Hall–Kier alpha value is -1.42. The number of aliphatic hydroxyl groups excluding tert-OH is 1. The first-order valence-electron chi connectivity index (χ1n) is 7.62. The monoisotopic (exact) mass is 371 g/mol. The number of hydrogen-bond acceptors (Lipinski definition) is 6. The van der Waals surface area contributed by atoms with Crippen LogP contribution in [0.5, 0.6) is 5.75 Å². The molecule has 2 atom stereocenters. The number of rotatable bonds is 4. The summed E-state index contributed by atoms with van der Waals surface area (Å²) in [5, 5.41) is 12.3. The molecule has 0 saturated heterocycles. The maximum absolute atomic E-state index is 12.7. The number of aliphatic hydroxyl groups is 1. The van der Waals surface area contributed by atoms with Crippen LogP contribution >= 0.6 is 11.3 Å². The zero-order valence-corrected chi connectivity index (χ0v) is 15.6. The Kier molecular flexibility index (Phi) is 4.23. The summed E-state index contributed by atoms with van der Waals surface area (Å²) in [6, 6.07) is 1.11. The minimum absolute atomic E-state index is 0.0641. The van der Waals surface area contributed by atoms with E-state index in [1.165, 1.54) is 23.9 Å². The van der Waals surface area contributed by atoms with Gasteiger partial charge >= 0.3 is 0 Å². The molecule has 0 unspecified atom stereocenters. The fourth-order valence-corrected chi connectivity index (χ4v) is 4.71. The molecule has 0 saturated carbocycles. The van der Waals surface area contributed by atoms with E-state index in [9.17, 15) is 13.5 Å². The minimum Gasteiger partial charge on any atom is -0.484 e. The summed E-state index contributed by atoms with van der Waals surface area (Å²) in [5.41, 5.74) is -0.904. The summed E-state index contributed by atoms with van der Waals surface area (Å²) in [4.78, 5) is 4.64. The van der Waals surface area contributed by atoms with Crippen molar-refractivity contribution in [1.82, 2.24) is 14.3 Å². The van der Waals surface area contributed by atoms with Crippen molar-refractivity contribution in [2.45, 2.75) is 56.5 Å². The van der Waals surface area contributed by atoms with Gasteiger partial charge in [-0.2, -0.15) is 4.72 Å². The second-order valence-corrected chi connectivity index (χ2v) is 9.26. The molecule has 1 aliphatic heterocycles. The van der Waals surface area contributed by atoms with Gasteiger partial charge in [0.15, 0.2) is 5.03 Å². The number of nitrogens with one attached hydrogen (secondary N) is 1. The lowest BCUT2D eigenvalue weighted by atomic mass is 9.91. The number of hydrogen-bond donors (Lipinski definition) is 2. The number of imidazole rings is 1. The maximum atomic E-state index is 12.7. The molecule has 3 rings (SSSR count). The van der Waals surface area contributed by atoms with Gasteiger partial charge in [-0.25, -0.2) is 13.4 Å². The molecule has 0 radical (unpaired) electrons. The Labute approximate surface area is 145 Å². The number of sulfonamides is 1. The normalized spacial score (nSPS) is 23.1. The van der Waals surface area contributed by atoms with E-state index in [-0.39, 0.29) is 11.1 Å². The van der Waals surface area contributed by atoms with Crippen LogP contribution in [-0.4, -0.2) is 34.8 Å². The first-order valence-corrected chi connectivity index (χ1v) is 9.98. The third-order valence-corrected chi connectivity index (χ3v) is 6.38. The molecule has 132 valence electrons. The average molecular weight is 371 g/mol. The number of thiophene rings is 1. The van der Waals surface area contributed by atoms with Gasteiger partial charge in [0.05, 0.1) is 17.2 Å². The van der Waals surface area contributed by atoms with Crippen molar-refractivity contribution in [2.24, 2.45) is 0 Å². The highest BCUT2D eigenvalue weighted by Gasteiger charge is 2.45. The van der Waals surface area contributed by atoms with Gasteiger partial charge in [-0.1, -0.05) is 0 Å². The number of nitrogens with zero attached hydrogens (tertiary/aromatic N) is 2. The fourth-order valence-electron chi connectivity index (χ4n) is 2.59. The van der Waals surface area contributed by atoms with E-state index in [2.05, 4.69) is 9.71 Å². The summed E-state index contributed by atoms with van der Waals surface area (Å²) < 4.78 is 35.5. The largest absolute Gasteiger partial charge is 0.484 e. The van der Waals surface area contributed by atoms with E-state index in [0.717, 1.165) is 0 Å². The van der Waals surface area contributed by atoms with Crippen molar-refractivity contribution in [2.75, 3.05) is 0 Å². The highest BCUT2D eigenvalue weighted by molar-refractivity contribution is 7.89. The van der Waals surface area contributed by atoms with Crippen LogP contribution in [0.25, 0.3) is 0 Å². The fraction of sp³-hybridized carbons (Fsp3) is 0.533. The molecule has 2 aromatic rings. The van der Waals surface area contributed by atoms with Gasteiger partial charge in [0, 0.05) is 12.2 Å². The van der Waals surface area contributed by atoms with Crippen LogP contribution in [0, 0.1) is 0 Å². The van der Waals surface area contributed by atoms with Crippen molar-refractivity contribution in [1.29, 1.82) is 0 Å². The van der Waals surface area contributed by atoms with Crippen LogP contribution in [0.4, 0.5) is 0 Å². The molecule has 24 heavy (non-hydrogen) atoms. The lowest BCUT2D eigenvalue weighted by molar-refractivity contribution is -0.0587. The van der Waals surface area contributed by atoms with Gasteiger partial charge in [-0.15, -0.1) is 11.3 Å². The van der Waals surface area contributed by atoms with Crippen molar-refractivity contribution in [3.05, 3.63) is 28.8 Å². The molecule has 0 amide bonds. The summed E-state index contributed by atoms with van der Waals surface area (Å²) in [6.07, 6.45) is 1.95. The van der Waals surface area contributed by atoms with Crippen LogP contribution in [0.3, 0.4) is 0 Å². The molecular formula is C15H21N3O4S2. The first kappa shape index (κ1) is 17.4. The van der Waals surface area contributed by atoms with Gasteiger partial charge in [0.25, 0.3) is 10.0 Å². The molecule has 0 aliphatic carbocycles. The number of aromatic nitrogens is 2. The predicted molar refractivity (Wildman–Crippen MR) is 90.7 cm³/mol.